The standard InChI is InChI=1S/C20H6Br4ClI3O4/c21-10-4-3-31-20(9(4)11(22)13(24)12(10)23)5-1-7(25)16(29)14(27)18(5)32-19-6(20)2-8(26)17(30)15(19)28/h1-2,29-30H,3H2. The third kappa shape index (κ3) is 3.33. The fraction of sp³-hybridized carbons (Fsp3) is 0.100. The fourth-order valence-corrected chi connectivity index (χ4v) is 9.45. The van der Waals surface area contributed by atoms with Crippen LogP contribution in [0.25, 0.3) is 0 Å². The van der Waals surface area contributed by atoms with E-state index in [1.165, 1.54) is 0 Å². The van der Waals surface area contributed by atoms with Crippen molar-refractivity contribution in [3.63, 3.8) is 0 Å². The lowest BCUT2D eigenvalue weighted by molar-refractivity contribution is 0.0191. The highest BCUT2D eigenvalue weighted by molar-refractivity contribution is 14.1. The van der Waals surface area contributed by atoms with Crippen molar-refractivity contribution in [2.24, 2.45) is 0 Å². The minimum Gasteiger partial charge on any atom is -0.506 e. The van der Waals surface area contributed by atoms with Crippen LogP contribution >= 0.6 is 143 Å². The van der Waals surface area contributed by atoms with Crippen molar-refractivity contribution < 1.29 is 19.7 Å². The van der Waals surface area contributed by atoms with Crippen LogP contribution in [-0.2, 0) is 16.9 Å². The van der Waals surface area contributed by atoms with Crippen LogP contribution in [0.15, 0.2) is 30.0 Å². The lowest BCUT2D eigenvalue weighted by Crippen LogP contribution is -2.33. The molecule has 2 aliphatic rings. The van der Waals surface area contributed by atoms with E-state index in [1.807, 2.05) is 28.7 Å². The van der Waals surface area contributed by atoms with E-state index in [4.69, 9.17) is 21.1 Å². The number of phenolic OH excluding ortho intramolecular Hbond substituents is 2. The molecule has 0 saturated carbocycles. The Morgan fingerprint density at radius 3 is 2.06 bits per heavy atom. The topological polar surface area (TPSA) is 58.9 Å². The molecule has 5 rings (SSSR count). The van der Waals surface area contributed by atoms with E-state index in [-0.39, 0.29) is 16.5 Å². The first-order valence-corrected chi connectivity index (χ1v) is 15.4. The maximum Gasteiger partial charge on any atom is 0.153 e. The first kappa shape index (κ1) is 25.1. The molecular weight excluding hydrogens is 1040 g/mol. The molecule has 166 valence electrons. The Balaban J connectivity index is 2.02. The molecule has 2 aliphatic heterocycles. The van der Waals surface area contributed by atoms with Gasteiger partial charge in [-0.3, -0.25) is 0 Å². The average molecular weight is 1050 g/mol. The van der Waals surface area contributed by atoms with Crippen LogP contribution in [-0.4, -0.2) is 10.2 Å². The monoisotopic (exact) mass is 1040 g/mol. The minimum atomic E-state index is -1.09. The number of ether oxygens (including phenoxy) is 2. The molecule has 1 spiro atoms. The zero-order chi connectivity index (χ0) is 23.3. The molecule has 3 aromatic rings. The summed E-state index contributed by atoms with van der Waals surface area (Å²) in [6, 6.07) is 3.56. The van der Waals surface area contributed by atoms with Crippen LogP contribution in [0, 0.1) is 10.7 Å². The van der Waals surface area contributed by atoms with Gasteiger partial charge >= 0.3 is 0 Å². The fourth-order valence-electron chi connectivity index (χ4n) is 4.01. The molecule has 0 saturated heterocycles. The van der Waals surface area contributed by atoms with E-state index in [0.29, 0.717) is 34.4 Å². The maximum absolute atomic E-state index is 10.6. The average Bonchev–Trinajstić information content (AvgIpc) is 3.16. The summed E-state index contributed by atoms with van der Waals surface area (Å²) >= 11 is 27.4. The van der Waals surface area contributed by atoms with Crippen LogP contribution in [0.4, 0.5) is 0 Å². The molecule has 2 N–H and O–H groups in total. The SMILES string of the molecule is Oc1c(Cl)cc2c(c1I)Oc1c(cc(I)c(O)c1I)C21OCc2c(Br)c(Br)c(Br)c(Br)c21. The maximum atomic E-state index is 10.6. The highest BCUT2D eigenvalue weighted by atomic mass is 127. The number of hydrogen-bond acceptors (Lipinski definition) is 4. The van der Waals surface area contributed by atoms with Gasteiger partial charge in [0.15, 0.2) is 22.8 Å². The largest absolute Gasteiger partial charge is 0.506 e. The number of halogens is 8. The van der Waals surface area contributed by atoms with Gasteiger partial charge in [-0.15, -0.1) is 0 Å². The number of aromatic hydroxyl groups is 2. The summed E-state index contributed by atoms with van der Waals surface area (Å²) in [6.45, 7) is 0.322. The number of rotatable bonds is 0. The van der Waals surface area contributed by atoms with Gasteiger partial charge in [0.25, 0.3) is 0 Å². The number of fused-ring (bicyclic) bond motifs is 6. The quantitative estimate of drug-likeness (QED) is 0.134. The van der Waals surface area contributed by atoms with Crippen LogP contribution in [0.5, 0.6) is 23.0 Å². The molecule has 0 fully saturated rings. The van der Waals surface area contributed by atoms with Crippen LogP contribution < -0.4 is 4.74 Å². The first-order valence-electron chi connectivity index (χ1n) is 8.62. The summed E-state index contributed by atoms with van der Waals surface area (Å²) in [5.74, 6) is 0.982. The Morgan fingerprint density at radius 1 is 0.844 bits per heavy atom. The Labute approximate surface area is 262 Å². The smallest absolute Gasteiger partial charge is 0.153 e. The molecule has 1 unspecified atom stereocenters. The second-order valence-electron chi connectivity index (χ2n) is 6.98. The first-order chi connectivity index (χ1) is 15.0. The van der Waals surface area contributed by atoms with Gasteiger partial charge in [-0.1, -0.05) is 11.6 Å². The zero-order valence-electron chi connectivity index (χ0n) is 15.1. The second kappa shape index (κ2) is 8.77. The van der Waals surface area contributed by atoms with E-state index in [2.05, 4.69) is 109 Å². The van der Waals surface area contributed by atoms with E-state index in [9.17, 15) is 10.2 Å². The lowest BCUT2D eigenvalue weighted by Gasteiger charge is -2.39. The molecule has 2 heterocycles. The summed E-state index contributed by atoms with van der Waals surface area (Å²) in [5, 5.41) is 21.4. The predicted molar refractivity (Wildman–Crippen MR) is 161 cm³/mol. The molecule has 0 bridgehead atoms. The van der Waals surface area contributed by atoms with Crippen molar-refractivity contribution in [3.05, 3.63) is 68.0 Å². The van der Waals surface area contributed by atoms with Crippen molar-refractivity contribution in [2.45, 2.75) is 12.2 Å². The summed E-state index contributed by atoms with van der Waals surface area (Å²) < 4.78 is 18.0. The van der Waals surface area contributed by atoms with Gasteiger partial charge < -0.3 is 19.7 Å². The van der Waals surface area contributed by atoms with Crippen LogP contribution in [0.3, 0.4) is 0 Å². The van der Waals surface area contributed by atoms with Gasteiger partial charge in [0.2, 0.25) is 0 Å². The minimum absolute atomic E-state index is 0.0650. The third-order valence-corrected chi connectivity index (χ3v) is 13.4. The lowest BCUT2D eigenvalue weighted by atomic mass is 9.77. The van der Waals surface area contributed by atoms with Crippen molar-refractivity contribution in [2.75, 3.05) is 0 Å². The van der Waals surface area contributed by atoms with Crippen molar-refractivity contribution in [1.82, 2.24) is 0 Å². The van der Waals surface area contributed by atoms with Gasteiger partial charge in [0, 0.05) is 40.1 Å². The summed E-state index contributed by atoms with van der Waals surface area (Å²) in [6.07, 6.45) is 0. The van der Waals surface area contributed by atoms with Gasteiger partial charge in [-0.2, -0.15) is 0 Å². The molecule has 0 radical (unpaired) electrons. The Morgan fingerprint density at radius 2 is 1.41 bits per heavy atom. The molecule has 0 aliphatic carbocycles. The normalized spacial score (nSPS) is 18.4. The molecule has 0 amide bonds. The van der Waals surface area contributed by atoms with Crippen molar-refractivity contribution >= 4 is 143 Å². The Kier molecular flexibility index (Phi) is 6.87. The molecule has 12 heteroatoms. The number of benzene rings is 3. The summed E-state index contributed by atoms with van der Waals surface area (Å²) in [5.41, 5.74) is 2.18. The molecule has 0 aromatic heterocycles. The van der Waals surface area contributed by atoms with Crippen molar-refractivity contribution in [1.29, 1.82) is 0 Å². The number of phenols is 2. The van der Waals surface area contributed by atoms with E-state index >= 15 is 0 Å². The zero-order valence-corrected chi connectivity index (χ0v) is 28.7. The van der Waals surface area contributed by atoms with Gasteiger partial charge in [0.05, 0.1) is 22.3 Å². The molecule has 3 aromatic carbocycles. The summed E-state index contributed by atoms with van der Waals surface area (Å²) in [7, 11) is 0. The van der Waals surface area contributed by atoms with Crippen LogP contribution in [0.1, 0.15) is 22.3 Å². The summed E-state index contributed by atoms with van der Waals surface area (Å²) in [4.78, 5) is 0. The molecule has 4 nitrogen and oxygen atoms in total. The van der Waals surface area contributed by atoms with E-state index < -0.39 is 5.60 Å². The van der Waals surface area contributed by atoms with Gasteiger partial charge in [-0.05, 0) is 144 Å². The van der Waals surface area contributed by atoms with Crippen molar-refractivity contribution in [3.8, 4) is 23.0 Å². The predicted octanol–water partition coefficient (Wildman–Crippen LogP) is 9.54. The van der Waals surface area contributed by atoms with Crippen LogP contribution in [0.2, 0.25) is 5.02 Å². The highest BCUT2D eigenvalue weighted by Crippen LogP contribution is 2.63. The Hall–Kier alpha value is 1.42. The van der Waals surface area contributed by atoms with E-state index in [1.54, 1.807) is 6.07 Å². The molecular formula is C20H6Br4ClI3O4. The second-order valence-corrected chi connectivity index (χ2v) is 13.9. The molecule has 32 heavy (non-hydrogen) atoms. The Bertz CT molecular complexity index is 1320. The third-order valence-electron chi connectivity index (χ3n) is 5.41. The van der Waals surface area contributed by atoms with Gasteiger partial charge in [0.1, 0.15) is 5.75 Å². The molecule has 1 atom stereocenters. The van der Waals surface area contributed by atoms with E-state index in [0.717, 1.165) is 34.6 Å². The highest BCUT2D eigenvalue weighted by Gasteiger charge is 2.53. The van der Waals surface area contributed by atoms with Gasteiger partial charge in [-0.25, -0.2) is 0 Å². The number of hydrogen-bond donors (Lipinski definition) is 2.